The predicted molar refractivity (Wildman–Crippen MR) is 191 cm³/mol. The molecule has 0 bridgehead atoms. The van der Waals surface area contributed by atoms with Gasteiger partial charge in [0.2, 0.25) is 0 Å². The average molecular weight is 693 g/mol. The normalized spacial score (nSPS) is 18.7. The highest BCUT2D eigenvalue weighted by Gasteiger charge is 2.50. The zero-order chi connectivity index (χ0) is 34.9. The number of nitrogens with zero attached hydrogens (tertiary/aromatic N) is 1. The molecule has 0 aliphatic carbocycles. The van der Waals surface area contributed by atoms with Crippen molar-refractivity contribution >= 4 is 17.5 Å². The molecule has 4 aromatic carbocycles. The zero-order valence-electron chi connectivity index (χ0n) is 27.3. The Morgan fingerprint density at radius 1 is 0.840 bits per heavy atom. The molecule has 2 heterocycles. The van der Waals surface area contributed by atoms with Crippen molar-refractivity contribution in [2.45, 2.75) is 30.1 Å². The third-order valence-corrected chi connectivity index (χ3v) is 8.49. The minimum absolute atomic E-state index is 0.0585. The molecule has 5 aromatic rings. The molecule has 256 valence electrons. The lowest BCUT2D eigenvalue weighted by atomic mass is 9.80. The Morgan fingerprint density at radius 2 is 1.44 bits per heavy atom. The first-order valence-electron chi connectivity index (χ1n) is 16.0. The predicted octanol–water partition coefficient (Wildman–Crippen LogP) is 5.77. The van der Waals surface area contributed by atoms with Gasteiger partial charge in [0, 0.05) is 24.5 Å². The summed E-state index contributed by atoms with van der Waals surface area (Å²) in [5.41, 5.74) is 0.202. The van der Waals surface area contributed by atoms with Crippen LogP contribution in [0.3, 0.4) is 0 Å². The molecule has 1 fully saturated rings. The number of ether oxygens (including phenoxy) is 6. The van der Waals surface area contributed by atoms with Crippen molar-refractivity contribution in [2.75, 3.05) is 20.3 Å². The molecule has 1 aliphatic heterocycles. The van der Waals surface area contributed by atoms with E-state index < -0.39 is 41.4 Å². The quantitative estimate of drug-likeness (QED) is 0.0935. The van der Waals surface area contributed by atoms with Crippen LogP contribution < -0.4 is 20.7 Å². The fourth-order valence-electron chi connectivity index (χ4n) is 6.04. The Kier molecular flexibility index (Phi) is 11.0. The van der Waals surface area contributed by atoms with Gasteiger partial charge in [0.05, 0.1) is 20.3 Å². The first kappa shape index (κ1) is 34.5. The molecule has 1 saturated heterocycles. The minimum atomic E-state index is -1.13. The van der Waals surface area contributed by atoms with Gasteiger partial charge in [-0.05, 0) is 41.0 Å². The average Bonchev–Trinajstić information content (AvgIpc) is 3.48. The molecule has 0 saturated carbocycles. The van der Waals surface area contributed by atoms with Gasteiger partial charge in [-0.1, -0.05) is 97.1 Å². The summed E-state index contributed by atoms with van der Waals surface area (Å²) in [6, 6.07) is 37.6. The maximum atomic E-state index is 13.1. The lowest BCUT2D eigenvalue weighted by molar-refractivity contribution is -0.0971. The van der Waals surface area contributed by atoms with Crippen LogP contribution in [0, 0.1) is 0 Å². The third-order valence-electron chi connectivity index (χ3n) is 8.32. The summed E-state index contributed by atoms with van der Waals surface area (Å²) in [7, 11) is 1.62. The van der Waals surface area contributed by atoms with E-state index in [1.165, 1.54) is 16.8 Å². The molecule has 0 radical (unpaired) electrons. The zero-order valence-corrected chi connectivity index (χ0v) is 28.1. The van der Waals surface area contributed by atoms with Crippen molar-refractivity contribution in [1.82, 2.24) is 9.55 Å². The van der Waals surface area contributed by atoms with Gasteiger partial charge >= 0.3 is 10.9 Å². The molecular formula is C39H36N2O8S. The number of hydrogen-bond donors (Lipinski definition) is 1. The Bertz CT molecular complexity index is 1950. The second-order valence-electron chi connectivity index (χ2n) is 11.4. The maximum absolute atomic E-state index is 13.1. The first-order valence-corrected chi connectivity index (χ1v) is 16.4. The first-order chi connectivity index (χ1) is 24.4. The second-order valence-corrected chi connectivity index (χ2v) is 11.7. The van der Waals surface area contributed by atoms with Crippen LogP contribution in [0.5, 0.6) is 11.5 Å². The van der Waals surface area contributed by atoms with Gasteiger partial charge in [-0.3, -0.25) is 14.3 Å². The van der Waals surface area contributed by atoms with Crippen LogP contribution in [0.1, 0.15) is 22.9 Å². The molecule has 0 spiro atoms. The Morgan fingerprint density at radius 3 is 2.02 bits per heavy atom. The number of aromatic amines is 1. The number of hydrogen-bond acceptors (Lipinski definition) is 9. The lowest BCUT2D eigenvalue weighted by Gasteiger charge is -2.37. The Hall–Kier alpha value is -5.33. The van der Waals surface area contributed by atoms with Crippen LogP contribution in [0.15, 0.2) is 150 Å². The van der Waals surface area contributed by atoms with Crippen molar-refractivity contribution in [1.29, 1.82) is 0 Å². The van der Waals surface area contributed by atoms with E-state index in [9.17, 15) is 9.59 Å². The van der Waals surface area contributed by atoms with Gasteiger partial charge in [0.15, 0.2) is 12.3 Å². The summed E-state index contributed by atoms with van der Waals surface area (Å²) in [4.78, 5) is 27.3. The molecule has 0 unspecified atom stereocenters. The molecule has 50 heavy (non-hydrogen) atoms. The number of thiocarbonyl (C=S) groups is 1. The molecule has 10 nitrogen and oxygen atoms in total. The molecule has 1 aromatic heterocycles. The van der Waals surface area contributed by atoms with Gasteiger partial charge in [0.1, 0.15) is 29.3 Å². The van der Waals surface area contributed by atoms with E-state index in [1.54, 1.807) is 25.3 Å². The number of nitrogens with one attached hydrogen (secondary N) is 1. The number of benzene rings is 4. The number of aromatic nitrogens is 2. The number of H-pyrrole nitrogens is 1. The molecule has 1 N–H and O–H groups in total. The minimum Gasteiger partial charge on any atom is -0.497 e. The Balaban J connectivity index is 1.43. The van der Waals surface area contributed by atoms with Crippen LogP contribution in [0.25, 0.3) is 0 Å². The third kappa shape index (κ3) is 7.46. The van der Waals surface area contributed by atoms with Gasteiger partial charge < -0.3 is 28.4 Å². The van der Waals surface area contributed by atoms with E-state index in [4.69, 9.17) is 40.6 Å². The van der Waals surface area contributed by atoms with Crippen molar-refractivity contribution < 1.29 is 28.4 Å². The summed E-state index contributed by atoms with van der Waals surface area (Å²) in [5.74, 6) is 1.17. The van der Waals surface area contributed by atoms with Crippen molar-refractivity contribution in [3.63, 3.8) is 0 Å². The highest BCUT2D eigenvalue weighted by atomic mass is 32.1. The van der Waals surface area contributed by atoms with Crippen LogP contribution in [0.2, 0.25) is 0 Å². The van der Waals surface area contributed by atoms with E-state index in [0.29, 0.717) is 11.5 Å². The molecule has 0 amide bonds. The van der Waals surface area contributed by atoms with Gasteiger partial charge in [-0.2, -0.15) is 0 Å². The summed E-state index contributed by atoms with van der Waals surface area (Å²) in [6.07, 6.45) is -0.824. The van der Waals surface area contributed by atoms with Crippen LogP contribution in [0.4, 0.5) is 0 Å². The van der Waals surface area contributed by atoms with Crippen molar-refractivity contribution in [3.05, 3.63) is 178 Å². The standard InChI is InChI=1S/C39H36N2O8S/c1-3-25-45-35-34(49-38(50)47-31-17-11-6-12-18-31)32(48-36(35)41-24-23-33(42)40-37(41)43)26-46-39(27-13-7-4-8-14-27,28-15-9-5-10-16-28)29-19-21-30(44-2)22-20-29/h3-24,32,34-36H,1,25-26H2,2H3,(H,40,42,43)/t32-,34-,35-,36-/m1/s1. The monoisotopic (exact) mass is 692 g/mol. The van der Waals surface area contributed by atoms with E-state index in [0.717, 1.165) is 16.7 Å². The summed E-state index contributed by atoms with van der Waals surface area (Å²) >= 11 is 5.56. The topological polar surface area (TPSA) is 110 Å². The molecular weight excluding hydrogens is 657 g/mol. The molecule has 11 heteroatoms. The van der Waals surface area contributed by atoms with E-state index in [1.807, 2.05) is 103 Å². The van der Waals surface area contributed by atoms with Crippen LogP contribution in [-0.4, -0.2) is 53.4 Å². The molecule has 4 atom stereocenters. The van der Waals surface area contributed by atoms with Crippen LogP contribution in [-0.2, 0) is 24.5 Å². The van der Waals surface area contributed by atoms with Gasteiger partial charge in [-0.15, -0.1) is 6.58 Å². The SMILES string of the molecule is C=CCO[C@@H]1[C@H](OC(=S)Oc2ccccc2)[C@@H](COC(c2ccccc2)(c2ccccc2)c2ccc(OC)cc2)O[C@H]1n1ccc(=O)[nH]c1=O. The highest BCUT2D eigenvalue weighted by Crippen LogP contribution is 2.43. The van der Waals surface area contributed by atoms with Crippen LogP contribution >= 0.6 is 12.2 Å². The van der Waals surface area contributed by atoms with E-state index >= 15 is 0 Å². The molecule has 6 rings (SSSR count). The van der Waals surface area contributed by atoms with E-state index in [-0.39, 0.29) is 18.5 Å². The Labute approximate surface area is 294 Å². The summed E-state index contributed by atoms with van der Waals surface area (Å²) < 4.78 is 38.8. The van der Waals surface area contributed by atoms with Gasteiger partial charge in [0.25, 0.3) is 5.56 Å². The fraction of sp³-hybridized carbons (Fsp3) is 0.205. The smallest absolute Gasteiger partial charge is 0.358 e. The maximum Gasteiger partial charge on any atom is 0.358 e. The highest BCUT2D eigenvalue weighted by molar-refractivity contribution is 7.79. The lowest BCUT2D eigenvalue weighted by Crippen LogP contribution is -2.43. The number of para-hydroxylation sites is 1. The molecule has 1 aliphatic rings. The fourth-order valence-corrected chi connectivity index (χ4v) is 6.25. The second kappa shape index (κ2) is 15.9. The van der Waals surface area contributed by atoms with E-state index in [2.05, 4.69) is 11.6 Å². The number of rotatable bonds is 13. The van der Waals surface area contributed by atoms with Crippen molar-refractivity contribution in [3.8, 4) is 11.5 Å². The summed E-state index contributed by atoms with van der Waals surface area (Å²) in [6.45, 7) is 3.83. The summed E-state index contributed by atoms with van der Waals surface area (Å²) in [5, 5.41) is -0.177. The van der Waals surface area contributed by atoms with Crippen molar-refractivity contribution in [2.24, 2.45) is 0 Å². The van der Waals surface area contributed by atoms with Gasteiger partial charge in [-0.25, -0.2) is 4.79 Å². The largest absolute Gasteiger partial charge is 0.497 e. The number of methoxy groups -OCH3 is 1.